The zero-order chi connectivity index (χ0) is 11.5. The van der Waals surface area contributed by atoms with E-state index in [-0.39, 0.29) is 0 Å². The van der Waals surface area contributed by atoms with Crippen molar-refractivity contribution in [2.24, 2.45) is 0 Å². The Morgan fingerprint density at radius 3 is 2.71 bits per heavy atom. The molecule has 86 valence electrons. The van der Waals surface area contributed by atoms with Crippen LogP contribution in [0.1, 0.15) is 16.0 Å². The molecule has 17 heavy (non-hydrogen) atoms. The molecule has 1 unspecified atom stereocenters. The molecule has 1 atom stereocenters. The Morgan fingerprint density at radius 2 is 1.88 bits per heavy atom. The number of hydrogen-bond donors (Lipinski definition) is 0. The minimum absolute atomic E-state index is 0.310. The minimum atomic E-state index is 0.310. The van der Waals surface area contributed by atoms with E-state index < -0.39 is 0 Å². The van der Waals surface area contributed by atoms with Gasteiger partial charge in [-0.3, -0.25) is 0 Å². The molecule has 0 saturated carbocycles. The van der Waals surface area contributed by atoms with Crippen molar-refractivity contribution in [2.75, 3.05) is 5.75 Å². The highest BCUT2D eigenvalue weighted by Crippen LogP contribution is 2.26. The lowest BCUT2D eigenvalue weighted by Crippen LogP contribution is -1.94. The molecule has 1 aromatic carbocycles. The Morgan fingerprint density at radius 1 is 1.00 bits per heavy atom. The van der Waals surface area contributed by atoms with Crippen LogP contribution >= 0.6 is 21.8 Å². The van der Waals surface area contributed by atoms with E-state index in [1.807, 2.05) is 11.3 Å². The second-order valence-electron chi connectivity index (χ2n) is 4.05. The van der Waals surface area contributed by atoms with Crippen LogP contribution in [0, 0.1) is 0 Å². The van der Waals surface area contributed by atoms with Gasteiger partial charge in [0.2, 0.25) is 0 Å². The number of aryl methyl sites for hydroxylation is 1. The van der Waals surface area contributed by atoms with Crippen LogP contribution in [0.15, 0.2) is 47.2 Å². The van der Waals surface area contributed by atoms with Crippen LogP contribution in [0.25, 0.3) is 6.08 Å². The summed E-state index contributed by atoms with van der Waals surface area (Å²) in [7, 11) is 0.310. The van der Waals surface area contributed by atoms with Crippen LogP contribution in [-0.4, -0.2) is 11.1 Å². The van der Waals surface area contributed by atoms with E-state index in [1.165, 1.54) is 28.2 Å². The zero-order valence-electron chi connectivity index (χ0n) is 9.50. The van der Waals surface area contributed by atoms with Gasteiger partial charge in [-0.2, -0.15) is 10.5 Å². The third kappa shape index (κ3) is 2.59. The Labute approximate surface area is 109 Å². The first kappa shape index (κ1) is 11.0. The highest BCUT2D eigenvalue weighted by Gasteiger charge is 2.03. The third-order valence-electron chi connectivity index (χ3n) is 2.86. The lowest BCUT2D eigenvalue weighted by Gasteiger charge is -2.11. The molecule has 0 fully saturated rings. The van der Waals surface area contributed by atoms with Gasteiger partial charge < -0.3 is 0 Å². The summed E-state index contributed by atoms with van der Waals surface area (Å²) in [6.07, 6.45) is 3.47. The van der Waals surface area contributed by atoms with Gasteiger partial charge in [-0.1, -0.05) is 30.3 Å². The van der Waals surface area contributed by atoms with E-state index in [4.69, 9.17) is 0 Å². The zero-order valence-corrected chi connectivity index (χ0v) is 11.1. The van der Waals surface area contributed by atoms with E-state index in [0.29, 0.717) is 10.5 Å². The van der Waals surface area contributed by atoms with Crippen LogP contribution in [0.5, 0.6) is 0 Å². The number of hydrogen-bond acceptors (Lipinski definition) is 1. The van der Waals surface area contributed by atoms with E-state index in [2.05, 4.69) is 58.6 Å². The summed E-state index contributed by atoms with van der Waals surface area (Å²) in [6, 6.07) is 13.0. The van der Waals surface area contributed by atoms with Gasteiger partial charge in [-0.05, 0) is 51.6 Å². The Kier molecular flexibility index (Phi) is 3.25. The summed E-state index contributed by atoms with van der Waals surface area (Å²) in [4.78, 5) is 1.50. The number of fused-ring (bicyclic) bond motifs is 1. The smallest absolute Gasteiger partial charge is 0.00533 e. The second kappa shape index (κ2) is 5.03. The predicted molar refractivity (Wildman–Crippen MR) is 81.1 cm³/mol. The molecule has 2 heterocycles. The van der Waals surface area contributed by atoms with Gasteiger partial charge in [-0.25, -0.2) is 0 Å². The van der Waals surface area contributed by atoms with Gasteiger partial charge in [0.1, 0.15) is 0 Å². The number of thiophene rings is 1. The summed E-state index contributed by atoms with van der Waals surface area (Å²) in [6.45, 7) is 0. The van der Waals surface area contributed by atoms with Gasteiger partial charge in [0.25, 0.3) is 0 Å². The van der Waals surface area contributed by atoms with Gasteiger partial charge in [0.15, 0.2) is 0 Å². The highest BCUT2D eigenvalue weighted by molar-refractivity contribution is 8.17. The molecular weight excluding hydrogens is 244 g/mol. The molecule has 0 spiro atoms. The van der Waals surface area contributed by atoms with Crippen molar-refractivity contribution in [1.29, 1.82) is 0 Å². The van der Waals surface area contributed by atoms with Gasteiger partial charge in [0, 0.05) is 4.88 Å². The fourth-order valence-electron chi connectivity index (χ4n) is 1.93. The molecule has 0 aliphatic carbocycles. The first-order valence-electron chi connectivity index (χ1n) is 5.75. The summed E-state index contributed by atoms with van der Waals surface area (Å²) in [5, 5.41) is 6.94. The molecule has 1 aliphatic rings. The van der Waals surface area contributed by atoms with E-state index in [1.54, 1.807) is 0 Å². The summed E-state index contributed by atoms with van der Waals surface area (Å²) in [5.41, 5.74) is 2.75. The van der Waals surface area contributed by atoms with E-state index in [9.17, 15) is 0 Å². The molecule has 0 nitrogen and oxygen atoms in total. The van der Waals surface area contributed by atoms with Crippen molar-refractivity contribution in [1.82, 2.24) is 0 Å². The molecule has 2 heteroatoms. The lowest BCUT2D eigenvalue weighted by atomic mass is 10.1. The van der Waals surface area contributed by atoms with Crippen LogP contribution in [-0.2, 0) is 6.42 Å². The number of benzene rings is 1. The van der Waals surface area contributed by atoms with Crippen molar-refractivity contribution >= 4 is 33.3 Å². The molecule has 1 aromatic heterocycles. The standard InChI is InChI=1S/C15H14S2/c1-2-5-14-12-17(10-7-13(14)4-1)11-8-15-6-3-9-16-15/h1-7,9-10,12H,8,11H2. The van der Waals surface area contributed by atoms with Crippen LogP contribution in [0.2, 0.25) is 0 Å². The molecule has 0 bridgehead atoms. The SMILES string of the molecule is C1=CS(CCc2cccs2)=Cc2ccccc21. The Hall–Kier alpha value is -1.12. The largest absolute Gasteiger partial charge is 0.161 e. The first-order chi connectivity index (χ1) is 8.42. The molecule has 0 saturated heterocycles. The first-order valence-corrected chi connectivity index (χ1v) is 8.15. The van der Waals surface area contributed by atoms with Crippen molar-refractivity contribution < 1.29 is 0 Å². The molecular formula is C15H14S2. The van der Waals surface area contributed by atoms with Gasteiger partial charge in [-0.15, -0.1) is 11.3 Å². The van der Waals surface area contributed by atoms with E-state index >= 15 is 0 Å². The fraction of sp³-hybridized carbons (Fsp3) is 0.133. The normalized spacial score (nSPS) is 17.5. The topological polar surface area (TPSA) is 0 Å². The van der Waals surface area contributed by atoms with Crippen molar-refractivity contribution in [3.05, 3.63) is 63.2 Å². The maximum atomic E-state index is 2.42. The Balaban J connectivity index is 1.74. The van der Waals surface area contributed by atoms with Gasteiger partial charge >= 0.3 is 0 Å². The van der Waals surface area contributed by atoms with Crippen molar-refractivity contribution in [2.45, 2.75) is 6.42 Å². The maximum Gasteiger partial charge on any atom is 0.00533 e. The molecule has 0 radical (unpaired) electrons. The van der Waals surface area contributed by atoms with Crippen LogP contribution in [0.3, 0.4) is 0 Å². The quantitative estimate of drug-likeness (QED) is 0.716. The van der Waals surface area contributed by atoms with E-state index in [0.717, 1.165) is 0 Å². The predicted octanol–water partition coefficient (Wildman–Crippen LogP) is 4.39. The fourth-order valence-corrected chi connectivity index (χ4v) is 4.42. The Bertz CT molecular complexity index is 562. The third-order valence-corrected chi connectivity index (χ3v) is 5.52. The monoisotopic (exact) mass is 258 g/mol. The summed E-state index contributed by atoms with van der Waals surface area (Å²) < 4.78 is 0. The molecule has 1 aliphatic heterocycles. The molecule has 0 N–H and O–H groups in total. The van der Waals surface area contributed by atoms with Crippen molar-refractivity contribution in [3.8, 4) is 0 Å². The maximum absolute atomic E-state index is 2.42. The molecule has 2 aromatic rings. The van der Waals surface area contributed by atoms with Crippen LogP contribution in [0.4, 0.5) is 0 Å². The lowest BCUT2D eigenvalue weighted by molar-refractivity contribution is 1.21. The highest BCUT2D eigenvalue weighted by atomic mass is 32.2. The average Bonchev–Trinajstić information content (AvgIpc) is 2.89. The van der Waals surface area contributed by atoms with Crippen LogP contribution < -0.4 is 0 Å². The second-order valence-corrected chi connectivity index (χ2v) is 6.94. The average molecular weight is 258 g/mol. The molecule has 0 amide bonds. The summed E-state index contributed by atoms with van der Waals surface area (Å²) in [5.74, 6) is 1.24. The number of rotatable bonds is 3. The molecule has 3 rings (SSSR count). The van der Waals surface area contributed by atoms with Gasteiger partial charge in [0.05, 0.1) is 0 Å². The summed E-state index contributed by atoms with van der Waals surface area (Å²) >= 11 is 1.86. The minimum Gasteiger partial charge on any atom is -0.161 e. The van der Waals surface area contributed by atoms with Crippen molar-refractivity contribution in [3.63, 3.8) is 0 Å².